The van der Waals surface area contributed by atoms with Crippen molar-refractivity contribution in [3.8, 4) is 0 Å². The zero-order valence-corrected chi connectivity index (χ0v) is 17.6. The zero-order valence-electron chi connectivity index (χ0n) is 16.8. The van der Waals surface area contributed by atoms with Gasteiger partial charge in [0.2, 0.25) is 21.8 Å². The van der Waals surface area contributed by atoms with Crippen molar-refractivity contribution in [2.45, 2.75) is 17.7 Å². The summed E-state index contributed by atoms with van der Waals surface area (Å²) in [6.07, 6.45) is 1.28. The summed E-state index contributed by atoms with van der Waals surface area (Å²) in [6.45, 7) is 1.41. The van der Waals surface area contributed by atoms with Gasteiger partial charge in [0.1, 0.15) is 0 Å². The number of nitrogens with zero attached hydrogens (tertiary/aromatic N) is 3. The first kappa shape index (κ1) is 22.1. The summed E-state index contributed by atoms with van der Waals surface area (Å²) in [5.74, 6) is -0.661. The molecular weight excluding hydrogens is 382 g/mol. The Morgan fingerprint density at radius 1 is 1.18 bits per heavy atom. The van der Waals surface area contributed by atoms with Crippen LogP contribution in [0.1, 0.15) is 12.8 Å². The van der Waals surface area contributed by atoms with Crippen LogP contribution in [0.3, 0.4) is 0 Å². The lowest BCUT2D eigenvalue weighted by Crippen LogP contribution is -2.42. The number of hydrogen-bond donors (Lipinski definition) is 2. The quantitative estimate of drug-likeness (QED) is 0.659. The highest BCUT2D eigenvalue weighted by molar-refractivity contribution is 7.89. The van der Waals surface area contributed by atoms with Crippen molar-refractivity contribution in [1.29, 1.82) is 0 Å². The van der Waals surface area contributed by atoms with Crippen molar-refractivity contribution in [1.82, 2.24) is 9.21 Å². The van der Waals surface area contributed by atoms with Gasteiger partial charge >= 0.3 is 0 Å². The average Bonchev–Trinajstić information content (AvgIpc) is 2.61. The molecular formula is C18H29N5O4S. The number of piperidine rings is 1. The number of benzene rings is 1. The van der Waals surface area contributed by atoms with Gasteiger partial charge in [0.05, 0.1) is 22.8 Å². The Balaban J connectivity index is 2.13. The predicted molar refractivity (Wildman–Crippen MR) is 109 cm³/mol. The van der Waals surface area contributed by atoms with Gasteiger partial charge in [-0.2, -0.15) is 0 Å². The van der Waals surface area contributed by atoms with E-state index >= 15 is 0 Å². The second kappa shape index (κ2) is 8.89. The molecule has 0 saturated carbocycles. The Hall–Kier alpha value is -2.17. The highest BCUT2D eigenvalue weighted by atomic mass is 32.2. The number of nitrogens with one attached hydrogen (secondary N) is 1. The molecule has 3 N–H and O–H groups in total. The molecule has 9 nitrogen and oxygen atoms in total. The van der Waals surface area contributed by atoms with E-state index in [0.717, 1.165) is 4.31 Å². The number of rotatable bonds is 7. The number of anilines is 2. The normalized spacial score (nSPS) is 16.2. The predicted octanol–water partition coefficient (Wildman–Crippen LogP) is 0.139. The van der Waals surface area contributed by atoms with E-state index in [1.54, 1.807) is 11.0 Å². The van der Waals surface area contributed by atoms with Gasteiger partial charge in [0, 0.05) is 34.1 Å². The minimum absolute atomic E-state index is 0.112. The van der Waals surface area contributed by atoms with Crippen molar-refractivity contribution in [2.75, 3.05) is 58.0 Å². The van der Waals surface area contributed by atoms with Crippen molar-refractivity contribution in [3.05, 3.63) is 18.2 Å². The van der Waals surface area contributed by atoms with Gasteiger partial charge in [-0.15, -0.1) is 0 Å². The lowest BCUT2D eigenvalue weighted by Gasteiger charge is -2.30. The lowest BCUT2D eigenvalue weighted by molar-refractivity contribution is -0.123. The maximum atomic E-state index is 12.5. The minimum Gasteiger partial charge on any atom is -0.376 e. The van der Waals surface area contributed by atoms with E-state index in [1.165, 1.54) is 26.2 Å². The van der Waals surface area contributed by atoms with E-state index in [-0.39, 0.29) is 29.2 Å². The standard InChI is InChI=1S/C18H29N5O4S/c1-21(2)16-6-5-14(28(26,27)22(3)4)11-15(16)20-17(24)12-23-9-7-13(8-10-23)18(19)25/h5-6,11,13H,7-10,12H2,1-4H3,(H2,19,25)(H,20,24). The van der Waals surface area contributed by atoms with Crippen LogP contribution in [-0.4, -0.2) is 77.3 Å². The van der Waals surface area contributed by atoms with Crippen LogP contribution < -0.4 is 16.0 Å². The molecule has 2 rings (SSSR count). The van der Waals surface area contributed by atoms with Crippen LogP contribution in [0.4, 0.5) is 11.4 Å². The summed E-state index contributed by atoms with van der Waals surface area (Å²) in [5, 5.41) is 2.83. The van der Waals surface area contributed by atoms with Crippen molar-refractivity contribution < 1.29 is 18.0 Å². The van der Waals surface area contributed by atoms with Gasteiger partial charge in [-0.1, -0.05) is 0 Å². The SMILES string of the molecule is CN(C)c1ccc(S(=O)(=O)N(C)C)cc1NC(=O)CN1CCC(C(N)=O)CC1. The van der Waals surface area contributed by atoms with Crippen LogP contribution in [0.5, 0.6) is 0 Å². The van der Waals surface area contributed by atoms with Gasteiger partial charge in [-0.25, -0.2) is 12.7 Å². The fourth-order valence-electron chi connectivity index (χ4n) is 3.14. The number of carbonyl (C=O) groups excluding carboxylic acids is 2. The smallest absolute Gasteiger partial charge is 0.242 e. The number of primary amides is 1. The molecule has 0 atom stereocenters. The number of amides is 2. The third-order valence-electron chi connectivity index (χ3n) is 4.86. The van der Waals surface area contributed by atoms with Crippen LogP contribution in [-0.2, 0) is 19.6 Å². The fourth-order valence-corrected chi connectivity index (χ4v) is 4.07. The molecule has 0 radical (unpaired) electrons. The Kier molecular flexibility index (Phi) is 7.02. The van der Waals surface area contributed by atoms with Crippen LogP contribution in [0, 0.1) is 5.92 Å². The molecule has 1 aliphatic heterocycles. The van der Waals surface area contributed by atoms with Gasteiger partial charge in [-0.3, -0.25) is 14.5 Å². The number of carbonyl (C=O) groups is 2. The van der Waals surface area contributed by atoms with Gasteiger partial charge in [0.25, 0.3) is 0 Å². The topological polar surface area (TPSA) is 116 Å². The van der Waals surface area contributed by atoms with E-state index in [9.17, 15) is 18.0 Å². The number of sulfonamides is 1. The van der Waals surface area contributed by atoms with Crippen LogP contribution >= 0.6 is 0 Å². The summed E-state index contributed by atoms with van der Waals surface area (Å²) >= 11 is 0. The molecule has 156 valence electrons. The van der Waals surface area contributed by atoms with Crippen LogP contribution in [0.2, 0.25) is 0 Å². The van der Waals surface area contributed by atoms with E-state index in [2.05, 4.69) is 5.32 Å². The molecule has 1 saturated heterocycles. The second-order valence-electron chi connectivity index (χ2n) is 7.36. The number of hydrogen-bond acceptors (Lipinski definition) is 6. The summed E-state index contributed by atoms with van der Waals surface area (Å²) < 4.78 is 25.9. The second-order valence-corrected chi connectivity index (χ2v) is 9.51. The highest BCUT2D eigenvalue weighted by Crippen LogP contribution is 2.28. The number of nitrogens with two attached hydrogens (primary N) is 1. The van der Waals surface area contributed by atoms with Gasteiger partial charge < -0.3 is 16.0 Å². The first-order valence-electron chi connectivity index (χ1n) is 9.07. The van der Waals surface area contributed by atoms with Gasteiger partial charge in [0.15, 0.2) is 0 Å². The van der Waals surface area contributed by atoms with Crippen LogP contribution in [0.25, 0.3) is 0 Å². The molecule has 0 bridgehead atoms. The van der Waals surface area contributed by atoms with Crippen molar-refractivity contribution in [3.63, 3.8) is 0 Å². The minimum atomic E-state index is -3.61. The van der Waals surface area contributed by atoms with E-state index < -0.39 is 10.0 Å². The van der Waals surface area contributed by atoms with E-state index in [4.69, 9.17) is 5.73 Å². The molecule has 1 aliphatic rings. The van der Waals surface area contributed by atoms with Crippen LogP contribution in [0.15, 0.2) is 23.1 Å². The largest absolute Gasteiger partial charge is 0.376 e. The molecule has 0 unspecified atom stereocenters. The van der Waals surface area contributed by atoms with E-state index in [1.807, 2.05) is 19.0 Å². The molecule has 28 heavy (non-hydrogen) atoms. The fraction of sp³-hybridized carbons (Fsp3) is 0.556. The maximum Gasteiger partial charge on any atom is 0.242 e. The number of likely N-dealkylation sites (tertiary alicyclic amines) is 1. The summed E-state index contributed by atoms with van der Waals surface area (Å²) in [4.78, 5) is 27.7. The van der Waals surface area contributed by atoms with Gasteiger partial charge in [-0.05, 0) is 44.1 Å². The molecule has 2 amide bonds. The molecule has 1 heterocycles. The summed E-state index contributed by atoms with van der Waals surface area (Å²) in [7, 11) is 2.95. The van der Waals surface area contributed by atoms with Crippen molar-refractivity contribution in [2.24, 2.45) is 11.7 Å². The highest BCUT2D eigenvalue weighted by Gasteiger charge is 2.25. The monoisotopic (exact) mass is 411 g/mol. The Morgan fingerprint density at radius 2 is 1.79 bits per heavy atom. The first-order chi connectivity index (χ1) is 13.0. The third-order valence-corrected chi connectivity index (χ3v) is 6.67. The summed E-state index contributed by atoms with van der Waals surface area (Å²) in [6, 6.07) is 4.67. The Morgan fingerprint density at radius 3 is 2.29 bits per heavy atom. The lowest BCUT2D eigenvalue weighted by atomic mass is 9.96. The molecule has 1 aromatic rings. The maximum absolute atomic E-state index is 12.5. The first-order valence-corrected chi connectivity index (χ1v) is 10.5. The molecule has 1 aromatic carbocycles. The third kappa shape index (κ3) is 5.21. The Bertz CT molecular complexity index is 830. The average molecular weight is 412 g/mol. The molecule has 10 heteroatoms. The van der Waals surface area contributed by atoms with E-state index in [0.29, 0.717) is 37.3 Å². The molecule has 0 aliphatic carbocycles. The molecule has 1 fully saturated rings. The zero-order chi connectivity index (χ0) is 21.1. The molecule has 0 aromatic heterocycles. The molecule has 0 spiro atoms. The Labute approximate surface area is 166 Å². The summed E-state index contributed by atoms with van der Waals surface area (Å²) in [5.41, 5.74) is 6.48. The van der Waals surface area contributed by atoms with Crippen molar-refractivity contribution >= 4 is 33.2 Å².